The second-order valence-electron chi connectivity index (χ2n) is 4.47. The molecular weight excluding hydrogens is 268 g/mol. The highest BCUT2D eigenvalue weighted by Gasteiger charge is 2.24. The summed E-state index contributed by atoms with van der Waals surface area (Å²) in [4.78, 5) is 4.40. The van der Waals surface area contributed by atoms with Crippen LogP contribution in [0.4, 0.5) is 0 Å². The Morgan fingerprint density at radius 2 is 2.25 bits per heavy atom. The Labute approximate surface area is 102 Å². The van der Waals surface area contributed by atoms with Crippen LogP contribution in [0.1, 0.15) is 43.0 Å². The van der Waals surface area contributed by atoms with E-state index < -0.39 is 6.10 Å². The van der Waals surface area contributed by atoms with Gasteiger partial charge in [0.2, 0.25) is 0 Å². The number of nitrogens with zero attached hydrogens (tertiary/aromatic N) is 2. The van der Waals surface area contributed by atoms with E-state index in [1.165, 1.54) is 18.4 Å². The molecule has 0 saturated heterocycles. The van der Waals surface area contributed by atoms with Crippen molar-refractivity contribution in [1.82, 2.24) is 9.38 Å². The normalized spacial score (nSPS) is 17.9. The van der Waals surface area contributed by atoms with Gasteiger partial charge in [-0.1, -0.05) is 0 Å². The maximum atomic E-state index is 9.52. The third-order valence-corrected chi connectivity index (χ3v) is 3.61. The van der Waals surface area contributed by atoms with Crippen LogP contribution in [0.5, 0.6) is 0 Å². The van der Waals surface area contributed by atoms with E-state index in [-0.39, 0.29) is 0 Å². The predicted octanol–water partition coefficient (Wildman–Crippen LogP) is 3.03. The molecule has 2 heterocycles. The Morgan fingerprint density at radius 1 is 1.50 bits per heavy atom. The van der Waals surface area contributed by atoms with Crippen LogP contribution in [0.25, 0.3) is 5.65 Å². The van der Waals surface area contributed by atoms with Gasteiger partial charge in [-0.3, -0.25) is 0 Å². The average Bonchev–Trinajstić information content (AvgIpc) is 2.97. The molecule has 3 rings (SSSR count). The first kappa shape index (κ1) is 10.3. The molecule has 0 aliphatic heterocycles. The molecular formula is C12H13BrN2O. The first-order valence-corrected chi connectivity index (χ1v) is 6.30. The summed E-state index contributed by atoms with van der Waals surface area (Å²) in [6.45, 7) is 1.73. The summed E-state index contributed by atoms with van der Waals surface area (Å²) in [5.74, 6) is 0.720. The van der Waals surface area contributed by atoms with Crippen LogP contribution in [0, 0.1) is 0 Å². The van der Waals surface area contributed by atoms with Crippen LogP contribution < -0.4 is 0 Å². The zero-order valence-corrected chi connectivity index (χ0v) is 10.6. The second-order valence-corrected chi connectivity index (χ2v) is 5.32. The number of aliphatic hydroxyl groups excluding tert-OH is 1. The van der Waals surface area contributed by atoms with Crippen molar-refractivity contribution in [3.63, 3.8) is 0 Å². The van der Waals surface area contributed by atoms with E-state index in [0.29, 0.717) is 5.69 Å². The molecule has 1 aliphatic rings. The van der Waals surface area contributed by atoms with Crippen molar-refractivity contribution < 1.29 is 5.11 Å². The molecule has 0 aromatic carbocycles. The summed E-state index contributed by atoms with van der Waals surface area (Å²) >= 11 is 3.54. The average molecular weight is 281 g/mol. The first-order valence-electron chi connectivity index (χ1n) is 5.51. The van der Waals surface area contributed by atoms with Gasteiger partial charge < -0.3 is 9.51 Å². The largest absolute Gasteiger partial charge is 0.387 e. The van der Waals surface area contributed by atoms with Gasteiger partial charge in [0.25, 0.3) is 0 Å². The minimum absolute atomic E-state index is 0.517. The molecule has 84 valence electrons. The maximum Gasteiger partial charge on any atom is 0.151 e. The van der Waals surface area contributed by atoms with Crippen molar-refractivity contribution in [2.24, 2.45) is 0 Å². The van der Waals surface area contributed by atoms with Crippen LogP contribution in [-0.4, -0.2) is 14.5 Å². The van der Waals surface area contributed by atoms with Gasteiger partial charge in [0.05, 0.1) is 16.3 Å². The number of hydrogen-bond donors (Lipinski definition) is 1. The van der Waals surface area contributed by atoms with Crippen molar-refractivity contribution >= 4 is 21.6 Å². The van der Waals surface area contributed by atoms with Crippen molar-refractivity contribution in [2.45, 2.75) is 31.8 Å². The van der Waals surface area contributed by atoms with Gasteiger partial charge in [0, 0.05) is 12.4 Å². The molecule has 1 N–H and O–H groups in total. The predicted molar refractivity (Wildman–Crippen MR) is 65.5 cm³/mol. The molecule has 1 fully saturated rings. The Bertz CT molecular complexity index is 543. The highest BCUT2D eigenvalue weighted by Crippen LogP contribution is 2.41. The molecule has 3 nitrogen and oxygen atoms in total. The molecule has 0 bridgehead atoms. The van der Waals surface area contributed by atoms with Gasteiger partial charge >= 0.3 is 0 Å². The third-order valence-electron chi connectivity index (χ3n) is 3.02. The Balaban J connectivity index is 2.17. The lowest BCUT2D eigenvalue weighted by Crippen LogP contribution is -1.89. The summed E-state index contributed by atoms with van der Waals surface area (Å²) in [7, 11) is 0. The number of hydrogen-bond acceptors (Lipinski definition) is 2. The Morgan fingerprint density at radius 3 is 2.88 bits per heavy atom. The smallest absolute Gasteiger partial charge is 0.151 e. The highest BCUT2D eigenvalue weighted by atomic mass is 79.9. The standard InChI is InChI=1S/C12H13BrN2O/c1-7(16)11-6-15-5-9(8-2-3-8)4-10(13)12(15)14-11/h4-8,16H,2-3H2,1H3. The molecule has 2 aromatic heterocycles. The molecule has 1 unspecified atom stereocenters. The highest BCUT2D eigenvalue weighted by molar-refractivity contribution is 9.10. The fourth-order valence-electron chi connectivity index (χ4n) is 1.94. The molecule has 0 spiro atoms. The van der Waals surface area contributed by atoms with Crippen molar-refractivity contribution in [3.05, 3.63) is 34.2 Å². The number of imidazole rings is 1. The fourth-order valence-corrected chi connectivity index (χ4v) is 2.50. The van der Waals surface area contributed by atoms with E-state index in [2.05, 4.69) is 33.2 Å². The quantitative estimate of drug-likeness (QED) is 0.918. The third kappa shape index (κ3) is 1.66. The van der Waals surface area contributed by atoms with Crippen molar-refractivity contribution in [3.8, 4) is 0 Å². The van der Waals surface area contributed by atoms with E-state index in [1.807, 2.05) is 10.6 Å². The molecule has 0 amide bonds. The second kappa shape index (κ2) is 3.57. The lowest BCUT2D eigenvalue weighted by Gasteiger charge is -2.01. The summed E-state index contributed by atoms with van der Waals surface area (Å²) < 4.78 is 3.00. The molecule has 1 aliphatic carbocycles. The van der Waals surface area contributed by atoms with Crippen molar-refractivity contribution in [1.29, 1.82) is 0 Å². The number of rotatable bonds is 2. The summed E-state index contributed by atoms with van der Waals surface area (Å²) in [5.41, 5.74) is 2.95. The Hall–Kier alpha value is -0.870. The molecule has 1 atom stereocenters. The van der Waals surface area contributed by atoms with E-state index in [4.69, 9.17) is 0 Å². The minimum Gasteiger partial charge on any atom is -0.387 e. The number of halogens is 1. The number of aliphatic hydroxyl groups is 1. The van der Waals surface area contributed by atoms with E-state index >= 15 is 0 Å². The molecule has 1 saturated carbocycles. The molecule has 0 radical (unpaired) electrons. The van der Waals surface area contributed by atoms with Crippen LogP contribution in [0.3, 0.4) is 0 Å². The number of fused-ring (bicyclic) bond motifs is 1. The molecule has 2 aromatic rings. The van der Waals surface area contributed by atoms with Gasteiger partial charge in [-0.2, -0.15) is 0 Å². The van der Waals surface area contributed by atoms with Crippen LogP contribution in [0.15, 0.2) is 22.9 Å². The SMILES string of the molecule is CC(O)c1cn2cc(C3CC3)cc(Br)c2n1. The van der Waals surface area contributed by atoms with Gasteiger partial charge in [-0.05, 0) is 53.2 Å². The monoisotopic (exact) mass is 280 g/mol. The van der Waals surface area contributed by atoms with Crippen LogP contribution in [0.2, 0.25) is 0 Å². The van der Waals surface area contributed by atoms with E-state index in [9.17, 15) is 5.11 Å². The summed E-state index contributed by atoms with van der Waals surface area (Å²) in [6, 6.07) is 2.14. The topological polar surface area (TPSA) is 37.5 Å². The zero-order valence-electron chi connectivity index (χ0n) is 9.02. The van der Waals surface area contributed by atoms with Gasteiger partial charge in [0.15, 0.2) is 5.65 Å². The number of aromatic nitrogens is 2. The zero-order chi connectivity index (χ0) is 11.3. The van der Waals surface area contributed by atoms with E-state index in [0.717, 1.165) is 16.0 Å². The molecule has 4 heteroatoms. The van der Waals surface area contributed by atoms with E-state index in [1.54, 1.807) is 6.92 Å². The lowest BCUT2D eigenvalue weighted by molar-refractivity contribution is 0.195. The maximum absolute atomic E-state index is 9.52. The van der Waals surface area contributed by atoms with Gasteiger partial charge in [0.1, 0.15) is 0 Å². The fraction of sp³-hybridized carbons (Fsp3) is 0.417. The Kier molecular flexibility index (Phi) is 2.30. The van der Waals surface area contributed by atoms with Crippen molar-refractivity contribution in [2.75, 3.05) is 0 Å². The molecule has 16 heavy (non-hydrogen) atoms. The number of pyridine rings is 1. The van der Waals surface area contributed by atoms with Crippen LogP contribution >= 0.6 is 15.9 Å². The minimum atomic E-state index is -0.517. The summed E-state index contributed by atoms with van der Waals surface area (Å²) in [5, 5.41) is 9.52. The first-order chi connectivity index (χ1) is 7.65. The van der Waals surface area contributed by atoms with Gasteiger partial charge in [-0.15, -0.1) is 0 Å². The summed E-state index contributed by atoms with van der Waals surface area (Å²) in [6.07, 6.45) is 6.08. The lowest BCUT2D eigenvalue weighted by atomic mass is 10.2. The van der Waals surface area contributed by atoms with Crippen LogP contribution in [-0.2, 0) is 0 Å². The van der Waals surface area contributed by atoms with Gasteiger partial charge in [-0.25, -0.2) is 4.98 Å².